The van der Waals surface area contributed by atoms with Crippen molar-refractivity contribution in [3.8, 4) is 0 Å². The second-order valence-corrected chi connectivity index (χ2v) is 5.68. The van der Waals surface area contributed by atoms with Crippen LogP contribution in [-0.4, -0.2) is 10.2 Å². The van der Waals surface area contributed by atoms with Gasteiger partial charge in [-0.05, 0) is 34.2 Å². The van der Waals surface area contributed by atoms with Crippen LogP contribution in [0.15, 0.2) is 18.2 Å². The van der Waals surface area contributed by atoms with Crippen molar-refractivity contribution < 1.29 is 8.78 Å². The largest absolute Gasteiger partial charge is 0.207 e. The molecule has 2 nitrogen and oxygen atoms in total. The summed E-state index contributed by atoms with van der Waals surface area (Å²) in [4.78, 5) is 0. The Hall–Kier alpha value is -0.630. The molecule has 0 radical (unpaired) electrons. The maximum absolute atomic E-state index is 13.3. The SMILES string of the molecule is Fc1ccc(Cc2nnc(I)s2)c(F)c1. The van der Waals surface area contributed by atoms with Gasteiger partial charge >= 0.3 is 0 Å². The van der Waals surface area contributed by atoms with Gasteiger partial charge < -0.3 is 0 Å². The quantitative estimate of drug-likeness (QED) is 0.787. The van der Waals surface area contributed by atoms with Crippen LogP contribution in [0, 0.1) is 14.6 Å². The molecule has 0 spiro atoms. The Labute approximate surface area is 102 Å². The van der Waals surface area contributed by atoms with E-state index >= 15 is 0 Å². The first kappa shape index (κ1) is 10.9. The van der Waals surface area contributed by atoms with Crippen LogP contribution in [0.25, 0.3) is 0 Å². The number of benzene rings is 1. The summed E-state index contributed by atoms with van der Waals surface area (Å²) in [6.07, 6.45) is 0.354. The van der Waals surface area contributed by atoms with E-state index in [9.17, 15) is 8.78 Å². The first-order valence-corrected chi connectivity index (χ1v) is 5.96. The first-order valence-electron chi connectivity index (χ1n) is 4.07. The molecule has 0 aliphatic heterocycles. The van der Waals surface area contributed by atoms with E-state index in [-0.39, 0.29) is 0 Å². The van der Waals surface area contributed by atoms with Crippen LogP contribution in [0.3, 0.4) is 0 Å². The monoisotopic (exact) mass is 338 g/mol. The third-order valence-corrected chi connectivity index (χ3v) is 3.39. The van der Waals surface area contributed by atoms with Gasteiger partial charge in [-0.3, -0.25) is 0 Å². The van der Waals surface area contributed by atoms with Crippen molar-refractivity contribution in [2.75, 3.05) is 0 Å². The standard InChI is InChI=1S/C9H5F2IN2S/c10-6-2-1-5(7(11)4-6)3-8-13-14-9(12)15-8/h1-2,4H,3H2. The smallest absolute Gasteiger partial charge is 0.178 e. The fourth-order valence-corrected chi connectivity index (χ4v) is 2.59. The summed E-state index contributed by atoms with van der Waals surface area (Å²) in [6, 6.07) is 3.55. The summed E-state index contributed by atoms with van der Waals surface area (Å²) in [7, 11) is 0. The summed E-state index contributed by atoms with van der Waals surface area (Å²) in [5.74, 6) is -1.11. The highest BCUT2D eigenvalue weighted by Gasteiger charge is 2.08. The summed E-state index contributed by atoms with van der Waals surface area (Å²) in [5, 5.41) is 8.42. The van der Waals surface area contributed by atoms with Crippen molar-refractivity contribution in [3.05, 3.63) is 43.4 Å². The Morgan fingerprint density at radius 2 is 2.07 bits per heavy atom. The van der Waals surface area contributed by atoms with Gasteiger partial charge in [0.15, 0.2) is 3.01 Å². The number of nitrogens with zero attached hydrogens (tertiary/aromatic N) is 2. The van der Waals surface area contributed by atoms with Gasteiger partial charge in [0, 0.05) is 12.5 Å². The minimum atomic E-state index is -0.567. The fraction of sp³-hybridized carbons (Fsp3) is 0.111. The molecule has 0 bridgehead atoms. The normalized spacial score (nSPS) is 10.6. The highest BCUT2D eigenvalue weighted by atomic mass is 127. The predicted molar refractivity (Wildman–Crippen MR) is 61.8 cm³/mol. The molecule has 0 aliphatic carbocycles. The molecule has 0 N–H and O–H groups in total. The minimum Gasteiger partial charge on any atom is -0.207 e. The number of hydrogen-bond donors (Lipinski definition) is 0. The molecule has 2 aromatic rings. The zero-order chi connectivity index (χ0) is 10.8. The van der Waals surface area contributed by atoms with Gasteiger partial charge in [0.05, 0.1) is 0 Å². The van der Waals surface area contributed by atoms with Gasteiger partial charge in [-0.25, -0.2) is 8.78 Å². The van der Waals surface area contributed by atoms with E-state index < -0.39 is 11.6 Å². The maximum Gasteiger partial charge on any atom is 0.178 e. The van der Waals surface area contributed by atoms with Gasteiger partial charge in [0.2, 0.25) is 0 Å². The van der Waals surface area contributed by atoms with Crippen molar-refractivity contribution in [3.63, 3.8) is 0 Å². The Balaban J connectivity index is 2.24. The van der Waals surface area contributed by atoms with Gasteiger partial charge in [-0.15, -0.1) is 10.2 Å². The van der Waals surface area contributed by atoms with E-state index in [1.165, 1.54) is 23.5 Å². The summed E-state index contributed by atoms with van der Waals surface area (Å²) >= 11 is 3.45. The lowest BCUT2D eigenvalue weighted by atomic mass is 10.1. The van der Waals surface area contributed by atoms with E-state index in [0.717, 1.165) is 14.1 Å². The lowest BCUT2D eigenvalue weighted by molar-refractivity contribution is 0.574. The Morgan fingerprint density at radius 1 is 1.27 bits per heavy atom. The molecule has 15 heavy (non-hydrogen) atoms. The molecule has 6 heteroatoms. The number of rotatable bonds is 2. The summed E-state index contributed by atoms with van der Waals surface area (Å²) < 4.78 is 26.7. The Kier molecular flexibility index (Phi) is 3.25. The Bertz CT molecular complexity index is 487. The molecule has 1 aromatic carbocycles. The Morgan fingerprint density at radius 3 is 2.67 bits per heavy atom. The van der Waals surface area contributed by atoms with Crippen LogP contribution in [0.1, 0.15) is 10.6 Å². The minimum absolute atomic E-state index is 0.354. The molecule has 0 fully saturated rings. The average molecular weight is 338 g/mol. The van der Waals surface area contributed by atoms with Crippen molar-refractivity contribution in [2.24, 2.45) is 0 Å². The van der Waals surface area contributed by atoms with E-state index in [1.54, 1.807) is 0 Å². The molecule has 1 heterocycles. The zero-order valence-corrected chi connectivity index (χ0v) is 10.3. The lowest BCUT2D eigenvalue weighted by Crippen LogP contribution is -1.93. The van der Waals surface area contributed by atoms with Crippen LogP contribution in [-0.2, 0) is 6.42 Å². The molecule has 0 aliphatic rings. The molecule has 0 saturated heterocycles. The number of halogens is 3. The third kappa shape index (κ3) is 2.69. The van der Waals surface area contributed by atoms with Crippen LogP contribution < -0.4 is 0 Å². The molecule has 78 valence electrons. The highest BCUT2D eigenvalue weighted by Crippen LogP contribution is 2.18. The number of aromatic nitrogens is 2. The van der Waals surface area contributed by atoms with Crippen LogP contribution >= 0.6 is 33.9 Å². The number of hydrogen-bond acceptors (Lipinski definition) is 3. The second-order valence-electron chi connectivity index (χ2n) is 2.86. The third-order valence-electron chi connectivity index (χ3n) is 1.80. The molecule has 2 rings (SSSR count). The summed E-state index contributed by atoms with van der Waals surface area (Å²) in [6.45, 7) is 0. The fourth-order valence-electron chi connectivity index (χ4n) is 1.13. The van der Waals surface area contributed by atoms with Crippen LogP contribution in [0.4, 0.5) is 8.78 Å². The molecular weight excluding hydrogens is 333 g/mol. The second kappa shape index (κ2) is 4.48. The van der Waals surface area contributed by atoms with E-state index in [0.29, 0.717) is 12.0 Å². The van der Waals surface area contributed by atoms with E-state index in [1.807, 2.05) is 22.6 Å². The predicted octanol–water partition coefficient (Wildman–Crippen LogP) is 3.01. The lowest BCUT2D eigenvalue weighted by Gasteiger charge is -1.99. The summed E-state index contributed by atoms with van der Waals surface area (Å²) in [5.41, 5.74) is 0.434. The maximum atomic E-state index is 13.3. The van der Waals surface area contributed by atoms with Gasteiger partial charge in [0.25, 0.3) is 0 Å². The van der Waals surface area contributed by atoms with Gasteiger partial charge in [-0.2, -0.15) is 0 Å². The van der Waals surface area contributed by atoms with Crippen LogP contribution in [0.2, 0.25) is 0 Å². The molecular formula is C9H5F2IN2S. The molecule has 0 unspecified atom stereocenters. The van der Waals surface area contributed by atoms with Gasteiger partial charge in [-0.1, -0.05) is 17.4 Å². The van der Waals surface area contributed by atoms with Crippen LogP contribution in [0.5, 0.6) is 0 Å². The van der Waals surface area contributed by atoms with E-state index in [4.69, 9.17) is 0 Å². The van der Waals surface area contributed by atoms with Crippen molar-refractivity contribution in [1.82, 2.24) is 10.2 Å². The topological polar surface area (TPSA) is 25.8 Å². The van der Waals surface area contributed by atoms with E-state index in [2.05, 4.69) is 10.2 Å². The van der Waals surface area contributed by atoms with Crippen molar-refractivity contribution in [1.29, 1.82) is 0 Å². The molecule has 0 saturated carbocycles. The average Bonchev–Trinajstić information content (AvgIpc) is 2.56. The van der Waals surface area contributed by atoms with Crippen molar-refractivity contribution in [2.45, 2.75) is 6.42 Å². The molecule has 1 aromatic heterocycles. The molecule has 0 amide bonds. The molecule has 0 atom stereocenters. The zero-order valence-electron chi connectivity index (χ0n) is 7.38. The van der Waals surface area contributed by atoms with Gasteiger partial charge in [0.1, 0.15) is 16.6 Å². The first-order chi connectivity index (χ1) is 7.15. The van der Waals surface area contributed by atoms with Crippen molar-refractivity contribution >= 4 is 33.9 Å². The highest BCUT2D eigenvalue weighted by molar-refractivity contribution is 14.1.